The van der Waals surface area contributed by atoms with E-state index in [-0.39, 0.29) is 30.7 Å². The van der Waals surface area contributed by atoms with E-state index in [9.17, 15) is 9.18 Å². The van der Waals surface area contributed by atoms with Crippen LogP contribution in [0.4, 0.5) is 4.39 Å². The third kappa shape index (κ3) is 4.97. The number of pyridine rings is 1. The van der Waals surface area contributed by atoms with Gasteiger partial charge >= 0.3 is 0 Å². The molecule has 1 unspecified atom stereocenters. The first-order valence-corrected chi connectivity index (χ1v) is 9.10. The van der Waals surface area contributed by atoms with Gasteiger partial charge in [-0.05, 0) is 18.2 Å². The number of amides is 1. The number of benzene rings is 1. The van der Waals surface area contributed by atoms with E-state index in [4.69, 9.17) is 4.74 Å². The topological polar surface area (TPSA) is 78.9 Å². The number of halogens is 1. The molecule has 0 radical (unpaired) electrons. The van der Waals surface area contributed by atoms with Gasteiger partial charge in [-0.1, -0.05) is 18.2 Å². The van der Waals surface area contributed by atoms with E-state index in [1.807, 2.05) is 24.3 Å². The number of carbonyl (C=O) groups excluding carboxylic acids is 1. The van der Waals surface area contributed by atoms with Crippen LogP contribution in [-0.2, 0) is 11.3 Å². The summed E-state index contributed by atoms with van der Waals surface area (Å²) in [7, 11) is 3.37. The van der Waals surface area contributed by atoms with E-state index >= 15 is 0 Å². The maximum Gasteiger partial charge on any atom is 0.241 e. The van der Waals surface area contributed by atoms with Crippen LogP contribution in [0, 0.1) is 5.82 Å². The second-order valence-electron chi connectivity index (χ2n) is 6.61. The number of aliphatic imine (C=N–C) groups is 1. The molecule has 0 spiro atoms. The van der Waals surface area contributed by atoms with Crippen LogP contribution in [0.2, 0.25) is 0 Å². The first-order valence-electron chi connectivity index (χ1n) is 9.10. The van der Waals surface area contributed by atoms with Crippen molar-refractivity contribution in [2.45, 2.75) is 19.0 Å². The molecule has 1 atom stereocenters. The molecule has 1 aromatic heterocycles. The van der Waals surface area contributed by atoms with Gasteiger partial charge in [0.15, 0.2) is 5.96 Å². The Labute approximate surface area is 163 Å². The number of guanidine groups is 1. The standard InChI is InChI=1S/C20H24FN5O2/c1-26(2)19(27)13-24-20(23-12-17-15(21)7-5-10-22-17)25-16-9-11-28-18-8-4-3-6-14(16)18/h3-8,10,16H,9,11-13H2,1-2H3,(H2,23,24,25). The van der Waals surface area contributed by atoms with Gasteiger partial charge in [-0.15, -0.1) is 0 Å². The number of hydrogen-bond acceptors (Lipinski definition) is 4. The van der Waals surface area contributed by atoms with E-state index in [0.29, 0.717) is 12.6 Å². The molecular formula is C20H24FN5O2. The summed E-state index contributed by atoms with van der Waals surface area (Å²) in [5.41, 5.74) is 1.26. The van der Waals surface area contributed by atoms with Crippen LogP contribution in [0.1, 0.15) is 23.7 Å². The van der Waals surface area contributed by atoms with Gasteiger partial charge in [-0.3, -0.25) is 9.78 Å². The molecule has 1 aliphatic heterocycles. The highest BCUT2D eigenvalue weighted by atomic mass is 19.1. The van der Waals surface area contributed by atoms with Crippen LogP contribution in [-0.4, -0.2) is 49.0 Å². The van der Waals surface area contributed by atoms with Gasteiger partial charge in [-0.2, -0.15) is 0 Å². The summed E-state index contributed by atoms with van der Waals surface area (Å²) in [6.45, 7) is 0.713. The summed E-state index contributed by atoms with van der Waals surface area (Å²) in [5, 5.41) is 6.36. The second-order valence-corrected chi connectivity index (χ2v) is 6.61. The quantitative estimate of drug-likeness (QED) is 0.607. The van der Waals surface area contributed by atoms with Crippen LogP contribution < -0.4 is 15.4 Å². The zero-order valence-corrected chi connectivity index (χ0v) is 16.0. The Balaban J connectivity index is 1.77. The van der Waals surface area contributed by atoms with Crippen molar-refractivity contribution < 1.29 is 13.9 Å². The third-order valence-electron chi connectivity index (χ3n) is 4.40. The highest BCUT2D eigenvalue weighted by Crippen LogP contribution is 2.31. The lowest BCUT2D eigenvalue weighted by Gasteiger charge is -2.28. The van der Waals surface area contributed by atoms with Gasteiger partial charge < -0.3 is 20.3 Å². The molecule has 2 aromatic rings. The molecule has 148 valence electrons. The average molecular weight is 385 g/mol. The van der Waals surface area contributed by atoms with Crippen molar-refractivity contribution in [2.75, 3.05) is 27.2 Å². The smallest absolute Gasteiger partial charge is 0.241 e. The van der Waals surface area contributed by atoms with E-state index in [2.05, 4.69) is 20.6 Å². The largest absolute Gasteiger partial charge is 0.493 e. The molecule has 0 fully saturated rings. The molecule has 3 rings (SSSR count). The maximum atomic E-state index is 13.9. The molecule has 0 saturated heterocycles. The molecule has 0 aliphatic carbocycles. The number of likely N-dealkylation sites (N-methyl/N-ethyl adjacent to an activating group) is 1. The monoisotopic (exact) mass is 385 g/mol. The lowest BCUT2D eigenvalue weighted by atomic mass is 10.0. The van der Waals surface area contributed by atoms with Gasteiger partial charge in [0, 0.05) is 32.3 Å². The molecular weight excluding hydrogens is 361 g/mol. The van der Waals surface area contributed by atoms with Crippen LogP contribution in [0.3, 0.4) is 0 Å². The van der Waals surface area contributed by atoms with E-state index in [1.54, 1.807) is 14.1 Å². The Morgan fingerprint density at radius 3 is 2.93 bits per heavy atom. The Kier molecular flexibility index (Phi) is 6.41. The SMILES string of the molecule is CN(C)C(=O)CNC(=NCc1ncccc1F)NC1CCOc2ccccc21. The zero-order chi connectivity index (χ0) is 19.9. The van der Waals surface area contributed by atoms with E-state index in [0.717, 1.165) is 17.7 Å². The molecule has 8 heteroatoms. The van der Waals surface area contributed by atoms with Gasteiger partial charge in [0.05, 0.1) is 31.4 Å². The summed E-state index contributed by atoms with van der Waals surface area (Å²) in [4.78, 5) is 21.9. The van der Waals surface area contributed by atoms with E-state index < -0.39 is 5.82 Å². The summed E-state index contributed by atoms with van der Waals surface area (Å²) in [6, 6.07) is 10.6. The van der Waals surface area contributed by atoms with Crippen molar-refractivity contribution in [2.24, 2.45) is 4.99 Å². The molecule has 2 N–H and O–H groups in total. The number of hydrogen-bond donors (Lipinski definition) is 2. The minimum absolute atomic E-state index is 0.0285. The van der Waals surface area contributed by atoms with Gasteiger partial charge in [-0.25, -0.2) is 9.38 Å². The first kappa shape index (κ1) is 19.6. The maximum absolute atomic E-state index is 13.9. The summed E-state index contributed by atoms with van der Waals surface area (Å²) >= 11 is 0. The average Bonchev–Trinajstić information content (AvgIpc) is 2.71. The van der Waals surface area contributed by atoms with Crippen molar-refractivity contribution in [3.8, 4) is 5.75 Å². The minimum atomic E-state index is -0.411. The predicted molar refractivity (Wildman–Crippen MR) is 104 cm³/mol. The second kappa shape index (κ2) is 9.16. The number of para-hydroxylation sites is 1. The predicted octanol–water partition coefficient (Wildman–Crippen LogP) is 1.87. The Morgan fingerprint density at radius 1 is 1.32 bits per heavy atom. The normalized spacial score (nSPS) is 16.0. The molecule has 1 aromatic carbocycles. The van der Waals surface area contributed by atoms with Gasteiger partial charge in [0.25, 0.3) is 0 Å². The van der Waals surface area contributed by atoms with Crippen molar-refractivity contribution in [3.05, 3.63) is 59.7 Å². The number of ether oxygens (including phenoxy) is 1. The van der Waals surface area contributed by atoms with Crippen LogP contribution >= 0.6 is 0 Å². The lowest BCUT2D eigenvalue weighted by molar-refractivity contribution is -0.127. The fraction of sp³-hybridized carbons (Fsp3) is 0.350. The summed E-state index contributed by atoms with van der Waals surface area (Å²) in [6.07, 6.45) is 2.27. The van der Waals surface area contributed by atoms with Crippen molar-refractivity contribution >= 4 is 11.9 Å². The van der Waals surface area contributed by atoms with Crippen molar-refractivity contribution in [1.29, 1.82) is 0 Å². The Bertz CT molecular complexity index is 856. The number of aromatic nitrogens is 1. The number of fused-ring (bicyclic) bond motifs is 1. The van der Waals surface area contributed by atoms with Crippen LogP contribution in [0.15, 0.2) is 47.6 Å². The molecule has 0 bridgehead atoms. The third-order valence-corrected chi connectivity index (χ3v) is 4.40. The lowest BCUT2D eigenvalue weighted by Crippen LogP contribution is -2.45. The zero-order valence-electron chi connectivity index (χ0n) is 16.0. The Morgan fingerprint density at radius 2 is 2.14 bits per heavy atom. The van der Waals surface area contributed by atoms with Crippen LogP contribution in [0.25, 0.3) is 0 Å². The van der Waals surface area contributed by atoms with Crippen molar-refractivity contribution in [3.63, 3.8) is 0 Å². The van der Waals surface area contributed by atoms with Gasteiger partial charge in [0.1, 0.15) is 11.6 Å². The number of nitrogens with zero attached hydrogens (tertiary/aromatic N) is 3. The number of nitrogens with one attached hydrogen (secondary N) is 2. The number of rotatable bonds is 5. The fourth-order valence-corrected chi connectivity index (χ4v) is 2.82. The van der Waals surface area contributed by atoms with Crippen molar-refractivity contribution in [1.82, 2.24) is 20.5 Å². The van der Waals surface area contributed by atoms with E-state index in [1.165, 1.54) is 23.2 Å². The number of carbonyl (C=O) groups is 1. The summed E-state index contributed by atoms with van der Waals surface area (Å²) < 4.78 is 19.6. The molecule has 7 nitrogen and oxygen atoms in total. The fourth-order valence-electron chi connectivity index (χ4n) is 2.82. The molecule has 2 heterocycles. The van der Waals surface area contributed by atoms with Gasteiger partial charge in [0.2, 0.25) is 5.91 Å². The molecule has 0 saturated carbocycles. The highest BCUT2D eigenvalue weighted by molar-refractivity contribution is 5.86. The minimum Gasteiger partial charge on any atom is -0.493 e. The molecule has 1 amide bonds. The summed E-state index contributed by atoms with van der Waals surface area (Å²) in [5.74, 6) is 0.741. The highest BCUT2D eigenvalue weighted by Gasteiger charge is 2.22. The Hall–Kier alpha value is -3.16. The molecule has 1 aliphatic rings. The van der Waals surface area contributed by atoms with Crippen LogP contribution in [0.5, 0.6) is 5.75 Å². The first-order chi connectivity index (χ1) is 13.5. The molecule has 28 heavy (non-hydrogen) atoms.